The molecule has 1 aliphatic carbocycles. The highest BCUT2D eigenvalue weighted by molar-refractivity contribution is 5.90. The second kappa shape index (κ2) is 6.14. The number of amides is 1. The van der Waals surface area contributed by atoms with Crippen LogP contribution in [0, 0.1) is 0 Å². The SMILES string of the molecule is O=C(COC(=O)c1cccnc1)NC1CCCC1. The van der Waals surface area contributed by atoms with Gasteiger partial charge in [-0.3, -0.25) is 9.78 Å². The van der Waals surface area contributed by atoms with Gasteiger partial charge in [-0.1, -0.05) is 12.8 Å². The number of hydrogen-bond acceptors (Lipinski definition) is 4. The van der Waals surface area contributed by atoms with Crippen LogP contribution >= 0.6 is 0 Å². The second-order valence-corrected chi connectivity index (χ2v) is 4.37. The Balaban J connectivity index is 1.74. The van der Waals surface area contributed by atoms with E-state index in [0.29, 0.717) is 5.56 Å². The number of carbonyl (C=O) groups excluding carboxylic acids is 2. The van der Waals surface area contributed by atoms with E-state index in [0.717, 1.165) is 25.7 Å². The minimum absolute atomic E-state index is 0.232. The zero-order chi connectivity index (χ0) is 12.8. The molecule has 1 aromatic rings. The van der Waals surface area contributed by atoms with Crippen LogP contribution in [0.25, 0.3) is 0 Å². The van der Waals surface area contributed by atoms with Gasteiger partial charge in [0.2, 0.25) is 0 Å². The minimum atomic E-state index is -0.523. The number of aromatic nitrogens is 1. The number of hydrogen-bond donors (Lipinski definition) is 1. The maximum absolute atomic E-state index is 11.5. The summed E-state index contributed by atoms with van der Waals surface area (Å²) in [6, 6.07) is 3.49. The van der Waals surface area contributed by atoms with Gasteiger partial charge in [-0.05, 0) is 25.0 Å². The van der Waals surface area contributed by atoms with Gasteiger partial charge in [0.1, 0.15) is 0 Å². The van der Waals surface area contributed by atoms with Gasteiger partial charge in [0.05, 0.1) is 5.56 Å². The molecule has 96 valence electrons. The van der Waals surface area contributed by atoms with E-state index in [4.69, 9.17) is 4.74 Å². The lowest BCUT2D eigenvalue weighted by atomic mass is 10.2. The summed E-state index contributed by atoms with van der Waals surface area (Å²) in [4.78, 5) is 26.9. The van der Waals surface area contributed by atoms with Gasteiger partial charge in [0.25, 0.3) is 5.91 Å². The summed E-state index contributed by atoms with van der Waals surface area (Å²) in [6.45, 7) is -0.232. The molecule has 5 nitrogen and oxygen atoms in total. The largest absolute Gasteiger partial charge is 0.452 e. The summed E-state index contributed by atoms with van der Waals surface area (Å²) in [5.41, 5.74) is 0.353. The smallest absolute Gasteiger partial charge is 0.340 e. The van der Waals surface area contributed by atoms with Crippen LogP contribution in [0.3, 0.4) is 0 Å². The molecule has 1 saturated carbocycles. The molecule has 5 heteroatoms. The quantitative estimate of drug-likeness (QED) is 0.815. The first-order valence-electron chi connectivity index (χ1n) is 6.12. The predicted octanol–water partition coefficient (Wildman–Crippen LogP) is 1.30. The van der Waals surface area contributed by atoms with Crippen molar-refractivity contribution in [2.24, 2.45) is 0 Å². The van der Waals surface area contributed by atoms with Crippen molar-refractivity contribution >= 4 is 11.9 Å². The van der Waals surface area contributed by atoms with Crippen molar-refractivity contribution in [3.63, 3.8) is 0 Å². The predicted molar refractivity (Wildman–Crippen MR) is 64.9 cm³/mol. The van der Waals surface area contributed by atoms with Crippen LogP contribution in [0.1, 0.15) is 36.0 Å². The summed E-state index contributed by atoms with van der Waals surface area (Å²) < 4.78 is 4.91. The Morgan fingerprint density at radius 3 is 2.83 bits per heavy atom. The van der Waals surface area contributed by atoms with E-state index >= 15 is 0 Å². The first kappa shape index (κ1) is 12.5. The lowest BCUT2D eigenvalue weighted by Gasteiger charge is -2.11. The number of carbonyl (C=O) groups is 2. The molecule has 1 amide bonds. The Kier molecular flexibility index (Phi) is 4.28. The molecular weight excluding hydrogens is 232 g/mol. The maximum Gasteiger partial charge on any atom is 0.340 e. The molecule has 0 unspecified atom stereocenters. The third-order valence-corrected chi connectivity index (χ3v) is 2.95. The molecule has 1 N–H and O–H groups in total. The zero-order valence-electron chi connectivity index (χ0n) is 10.1. The molecule has 0 aromatic carbocycles. The summed E-state index contributed by atoms with van der Waals surface area (Å²) in [7, 11) is 0. The van der Waals surface area contributed by atoms with E-state index in [9.17, 15) is 9.59 Å². The minimum Gasteiger partial charge on any atom is -0.452 e. The molecule has 1 fully saturated rings. The highest BCUT2D eigenvalue weighted by atomic mass is 16.5. The zero-order valence-corrected chi connectivity index (χ0v) is 10.1. The molecule has 0 saturated heterocycles. The third kappa shape index (κ3) is 3.55. The van der Waals surface area contributed by atoms with Crippen LogP contribution in [0.5, 0.6) is 0 Å². The van der Waals surface area contributed by atoms with Crippen molar-refractivity contribution < 1.29 is 14.3 Å². The topological polar surface area (TPSA) is 68.3 Å². The number of ether oxygens (including phenoxy) is 1. The molecule has 1 aliphatic rings. The average Bonchev–Trinajstić information content (AvgIpc) is 2.90. The Labute approximate surface area is 106 Å². The molecule has 0 atom stereocenters. The van der Waals surface area contributed by atoms with E-state index in [1.165, 1.54) is 6.20 Å². The van der Waals surface area contributed by atoms with Crippen molar-refractivity contribution in [2.75, 3.05) is 6.61 Å². The van der Waals surface area contributed by atoms with Gasteiger partial charge < -0.3 is 10.1 Å². The fourth-order valence-electron chi connectivity index (χ4n) is 2.04. The van der Waals surface area contributed by atoms with Gasteiger partial charge in [0.15, 0.2) is 6.61 Å². The van der Waals surface area contributed by atoms with E-state index in [1.54, 1.807) is 18.3 Å². The van der Waals surface area contributed by atoms with Crippen molar-refractivity contribution in [3.05, 3.63) is 30.1 Å². The normalized spacial score (nSPS) is 15.3. The van der Waals surface area contributed by atoms with Gasteiger partial charge in [-0.2, -0.15) is 0 Å². The molecule has 2 rings (SSSR count). The van der Waals surface area contributed by atoms with E-state index in [2.05, 4.69) is 10.3 Å². The van der Waals surface area contributed by atoms with Crippen LogP contribution in [0.4, 0.5) is 0 Å². The Hall–Kier alpha value is -1.91. The summed E-state index contributed by atoms with van der Waals surface area (Å²) >= 11 is 0. The molecule has 1 aromatic heterocycles. The Morgan fingerprint density at radius 2 is 2.17 bits per heavy atom. The highest BCUT2D eigenvalue weighted by Crippen LogP contribution is 2.17. The Morgan fingerprint density at radius 1 is 1.39 bits per heavy atom. The Bertz CT molecular complexity index is 414. The van der Waals surface area contributed by atoms with Crippen molar-refractivity contribution in [2.45, 2.75) is 31.7 Å². The fraction of sp³-hybridized carbons (Fsp3) is 0.462. The van der Waals surface area contributed by atoms with Gasteiger partial charge in [0, 0.05) is 18.4 Å². The lowest BCUT2D eigenvalue weighted by molar-refractivity contribution is -0.124. The fourth-order valence-corrected chi connectivity index (χ4v) is 2.04. The monoisotopic (exact) mass is 248 g/mol. The van der Waals surface area contributed by atoms with Gasteiger partial charge >= 0.3 is 5.97 Å². The molecule has 0 bridgehead atoms. The second-order valence-electron chi connectivity index (χ2n) is 4.37. The summed E-state index contributed by atoms with van der Waals surface area (Å²) in [5, 5.41) is 2.85. The molecule has 0 spiro atoms. The standard InChI is InChI=1S/C13H16N2O3/c16-12(15-11-5-1-2-6-11)9-18-13(17)10-4-3-7-14-8-10/h3-4,7-8,11H,1-2,5-6,9H2,(H,15,16). The number of pyridine rings is 1. The van der Waals surface area contributed by atoms with E-state index in [1.807, 2.05) is 0 Å². The van der Waals surface area contributed by atoms with Crippen LogP contribution in [0.2, 0.25) is 0 Å². The molecular formula is C13H16N2O3. The average molecular weight is 248 g/mol. The van der Waals surface area contributed by atoms with Gasteiger partial charge in [-0.25, -0.2) is 4.79 Å². The van der Waals surface area contributed by atoms with Crippen molar-refractivity contribution in [3.8, 4) is 0 Å². The van der Waals surface area contributed by atoms with Crippen molar-refractivity contribution in [1.82, 2.24) is 10.3 Å². The molecule has 0 aliphatic heterocycles. The van der Waals surface area contributed by atoms with Crippen molar-refractivity contribution in [1.29, 1.82) is 0 Å². The van der Waals surface area contributed by atoms with Crippen LogP contribution in [-0.2, 0) is 9.53 Å². The molecule has 18 heavy (non-hydrogen) atoms. The van der Waals surface area contributed by atoms with Crippen LogP contribution in [0.15, 0.2) is 24.5 Å². The first-order valence-corrected chi connectivity index (χ1v) is 6.12. The van der Waals surface area contributed by atoms with Crippen LogP contribution < -0.4 is 5.32 Å². The maximum atomic E-state index is 11.5. The highest BCUT2D eigenvalue weighted by Gasteiger charge is 2.18. The molecule has 1 heterocycles. The number of nitrogens with one attached hydrogen (secondary N) is 1. The summed E-state index contributed by atoms with van der Waals surface area (Å²) in [5.74, 6) is -0.760. The lowest BCUT2D eigenvalue weighted by Crippen LogP contribution is -2.35. The number of nitrogens with zero attached hydrogens (tertiary/aromatic N) is 1. The first-order chi connectivity index (χ1) is 8.75. The number of esters is 1. The van der Waals surface area contributed by atoms with E-state index < -0.39 is 5.97 Å². The number of rotatable bonds is 4. The van der Waals surface area contributed by atoms with Crippen LogP contribution in [-0.4, -0.2) is 29.5 Å². The molecule has 0 radical (unpaired) electrons. The third-order valence-electron chi connectivity index (χ3n) is 2.95. The van der Waals surface area contributed by atoms with E-state index in [-0.39, 0.29) is 18.6 Å². The summed E-state index contributed by atoms with van der Waals surface area (Å²) in [6.07, 6.45) is 7.33. The van der Waals surface area contributed by atoms with Gasteiger partial charge in [-0.15, -0.1) is 0 Å².